The summed E-state index contributed by atoms with van der Waals surface area (Å²) < 4.78 is 25.6. The molecular weight excluding hydrogens is 1710 g/mol. The van der Waals surface area contributed by atoms with E-state index in [1.807, 2.05) is 103 Å². The van der Waals surface area contributed by atoms with Gasteiger partial charge in [-0.25, -0.2) is 29.9 Å². The molecule has 0 N–H and O–H groups in total. The Bertz CT molecular complexity index is 9540. The van der Waals surface area contributed by atoms with Gasteiger partial charge in [-0.15, -0.1) is 0 Å². The van der Waals surface area contributed by atoms with Crippen molar-refractivity contribution in [1.82, 2.24) is 43.6 Å². The molecule has 140 heavy (non-hydrogen) atoms. The Kier molecular flexibility index (Phi) is 21.4. The van der Waals surface area contributed by atoms with E-state index in [1.54, 1.807) is 0 Å². The van der Waals surface area contributed by atoms with Crippen LogP contribution in [-0.4, -0.2) is 43.6 Å². The maximum atomic E-state index is 6.32. The third-order valence-corrected chi connectivity index (χ3v) is 26.5. The monoisotopic (exact) mass is 1800 g/mol. The molecule has 0 saturated heterocycles. The Morgan fingerprint density at radius 2 is 0.493 bits per heavy atom. The maximum Gasteiger partial charge on any atom is 0.235 e. The summed E-state index contributed by atoms with van der Waals surface area (Å²) >= 11 is 0. The average molecular weight is 1800 g/mol. The van der Waals surface area contributed by atoms with Crippen molar-refractivity contribution in [2.24, 2.45) is 0 Å². The number of benzene rings is 19. The van der Waals surface area contributed by atoms with Crippen molar-refractivity contribution in [3.63, 3.8) is 0 Å². The molecule has 0 unspecified atom stereocenters. The molecule has 0 bridgehead atoms. The summed E-state index contributed by atoms with van der Waals surface area (Å²) in [4.78, 5) is 31.6. The van der Waals surface area contributed by atoms with Crippen molar-refractivity contribution in [3.05, 3.63) is 479 Å². The number of aromatic nitrogens is 9. The topological polar surface area (TPSA) is 132 Å². The van der Waals surface area contributed by atoms with Gasteiger partial charge in [-0.3, -0.25) is 4.57 Å². The fourth-order valence-electron chi connectivity index (χ4n) is 20.1. The number of rotatable bonds is 13. The third-order valence-electron chi connectivity index (χ3n) is 26.5. The Hall–Kier alpha value is -18.8. The Balaban J connectivity index is 0.000000114. The molecule has 0 fully saturated rings. The van der Waals surface area contributed by atoms with Gasteiger partial charge in [0, 0.05) is 121 Å². The van der Waals surface area contributed by atoms with Crippen LogP contribution in [0.1, 0.15) is 14.9 Å². The highest BCUT2D eigenvalue weighted by Gasteiger charge is 2.26. The van der Waals surface area contributed by atoms with Crippen molar-refractivity contribution in [2.75, 3.05) is 0 Å². The van der Waals surface area contributed by atoms with Crippen molar-refractivity contribution >= 4 is 131 Å². The molecule has 9 heterocycles. The molecule has 12 heteroatoms. The van der Waals surface area contributed by atoms with Gasteiger partial charge < -0.3 is 22.4 Å². The van der Waals surface area contributed by atoms with Crippen molar-refractivity contribution in [1.29, 1.82) is 0 Å². The second-order valence-electron chi connectivity index (χ2n) is 34.7. The van der Waals surface area contributed by atoms with Gasteiger partial charge in [0.1, 0.15) is 33.5 Å². The number of fused-ring (bicyclic) bond motifs is 18. The fourth-order valence-corrected chi connectivity index (χ4v) is 20.1. The van der Waals surface area contributed by atoms with E-state index in [4.69, 9.17) is 43.2 Å². The lowest BCUT2D eigenvalue weighted by atomic mass is 10.00. The molecule has 0 saturated carbocycles. The number of hydrogen-bond donors (Lipinski definition) is 0. The Labute approximate surface area is 806 Å². The Morgan fingerprint density at radius 3 is 1.09 bits per heavy atom. The largest absolute Gasteiger partial charge is 0.456 e. The summed E-state index contributed by atoms with van der Waals surface area (Å²) in [5.74, 6) is 1.98. The van der Waals surface area contributed by atoms with Crippen LogP contribution in [0.25, 0.3) is 261 Å². The number of furan rings is 3. The summed E-state index contributed by atoms with van der Waals surface area (Å²) in [6.07, 6.45) is 0. The van der Waals surface area contributed by atoms with Crippen molar-refractivity contribution in [2.45, 2.75) is 14.9 Å². The van der Waals surface area contributed by atoms with Crippen LogP contribution >= 0.6 is 0 Å². The molecule has 0 radical (unpaired) electrons. The van der Waals surface area contributed by atoms with Crippen LogP contribution in [0.2, 0.25) is 0 Å². The molecule has 0 amide bonds. The van der Waals surface area contributed by atoms with E-state index in [1.165, 1.54) is 38.2 Å². The van der Waals surface area contributed by atoms with E-state index < -0.39 is 0 Å². The first-order valence-electron chi connectivity index (χ1n) is 46.3. The smallest absolute Gasteiger partial charge is 0.235 e. The van der Waals surface area contributed by atoms with E-state index in [-0.39, 0.29) is 14.9 Å². The van der Waals surface area contributed by atoms with Crippen LogP contribution < -0.4 is 0 Å². The lowest BCUT2D eigenvalue weighted by Gasteiger charge is -2.13. The molecule has 9 aromatic heterocycles. The van der Waals surface area contributed by atoms with E-state index in [0.717, 1.165) is 205 Å². The zero-order valence-electron chi connectivity index (χ0n) is 74.4. The van der Waals surface area contributed by atoms with Crippen LogP contribution in [0, 0.1) is 0 Å². The van der Waals surface area contributed by atoms with Crippen LogP contribution in [-0.2, 0) is 0 Å². The zero-order valence-corrected chi connectivity index (χ0v) is 74.4. The fraction of sp³-hybridized carbons (Fsp3) is 0.0156. The zero-order chi connectivity index (χ0) is 91.1. The molecule has 0 aliphatic rings. The molecule has 0 spiro atoms. The molecule has 19 aromatic carbocycles. The van der Waals surface area contributed by atoms with Gasteiger partial charge in [0.25, 0.3) is 0 Å². The second kappa shape index (κ2) is 35.6. The standard InChI is InChI=1S/2C46H29N3O.C34H21N3O.2CH4/c1-3-13-30(14-4-1)31-15-11-16-32(27-31)40-29-41(33-25-26-37-36-20-8-10-24-43(36)50-44(37)28-33)48-46(47-40)39-22-12-21-38-35-19-7-9-23-42(35)49(45(38)39)34-17-5-2-6-18-34;1-3-12-30(13-4-1)31-22-24-32(25-23-31)39-29-40(36-18-11-21-44-45(36)37-17-8-10-20-43(37)50-44)48-46(47-39)33-26-27-42-38(28-33)35-16-7-9-19-41(35)49(42)34-14-5-2-6-15-34;1-2-11-22(12-3-1)27-21-28(25-16-10-20-32-33(25)26-15-6-9-19-31(26)38-32)36-34(35-27)37-29-17-7-4-13-23(29)24-14-5-8-18-30(24)37;;/h2*1-29H;1-21H;2*1H4. The summed E-state index contributed by atoms with van der Waals surface area (Å²) in [5, 5.41) is 13.5. The summed E-state index contributed by atoms with van der Waals surface area (Å²) in [7, 11) is 0. The van der Waals surface area contributed by atoms with Crippen LogP contribution in [0.4, 0.5) is 0 Å². The number of para-hydroxylation sites is 10. The van der Waals surface area contributed by atoms with E-state index in [2.05, 4.69) is 390 Å². The first kappa shape index (κ1) is 84.2. The summed E-state index contributed by atoms with van der Waals surface area (Å²) in [6.45, 7) is 0. The lowest BCUT2D eigenvalue weighted by molar-refractivity contribution is 0.668. The number of hydrogen-bond acceptors (Lipinski definition) is 9. The minimum Gasteiger partial charge on any atom is -0.456 e. The van der Waals surface area contributed by atoms with E-state index in [0.29, 0.717) is 17.6 Å². The van der Waals surface area contributed by atoms with Crippen molar-refractivity contribution in [3.8, 4) is 130 Å². The van der Waals surface area contributed by atoms with E-state index in [9.17, 15) is 0 Å². The quantitative estimate of drug-likeness (QED) is 0.111. The lowest BCUT2D eigenvalue weighted by Crippen LogP contribution is -2.04. The van der Waals surface area contributed by atoms with Crippen LogP contribution in [0.3, 0.4) is 0 Å². The molecular formula is C128H87N9O3. The van der Waals surface area contributed by atoms with Gasteiger partial charge in [-0.1, -0.05) is 355 Å². The summed E-state index contributed by atoms with van der Waals surface area (Å²) in [6, 6.07) is 166. The minimum absolute atomic E-state index is 0. The Morgan fingerprint density at radius 1 is 0.164 bits per heavy atom. The predicted molar refractivity (Wildman–Crippen MR) is 579 cm³/mol. The van der Waals surface area contributed by atoms with Gasteiger partial charge in [0.15, 0.2) is 11.6 Å². The SMILES string of the molecule is C.C.c1ccc(-c2cc(-c3cccc4oc5ccccc5c34)nc(-n3c4ccccc4c4ccccc43)n2)cc1.c1ccc(-c2ccc(-c3cc(-c4cccc5oc6ccccc6c45)nc(-c4ccc5c(c4)c4ccccc4n5-c4ccccc4)n3)cc2)cc1.c1ccc(-c2cccc(-c3cc(-c4ccc5c(c4)oc4ccccc45)nc(-c4cccc5c6ccccc6n(-c6ccccc6)c45)n3)c2)cc1. The molecule has 28 rings (SSSR count). The first-order chi connectivity index (χ1) is 68.4. The second-order valence-corrected chi connectivity index (χ2v) is 34.7. The van der Waals surface area contributed by atoms with Gasteiger partial charge in [-0.2, -0.15) is 0 Å². The molecule has 0 aliphatic carbocycles. The van der Waals surface area contributed by atoms with Gasteiger partial charge in [0.05, 0.1) is 67.3 Å². The van der Waals surface area contributed by atoms with Crippen molar-refractivity contribution < 1.29 is 13.3 Å². The molecule has 0 atom stereocenters. The maximum absolute atomic E-state index is 6.32. The van der Waals surface area contributed by atoms with Gasteiger partial charge >= 0.3 is 0 Å². The van der Waals surface area contributed by atoms with Crippen LogP contribution in [0.5, 0.6) is 0 Å². The number of nitrogens with zero attached hydrogens (tertiary/aromatic N) is 9. The van der Waals surface area contributed by atoms with Gasteiger partial charge in [0.2, 0.25) is 5.95 Å². The minimum atomic E-state index is 0. The molecule has 28 aromatic rings. The summed E-state index contributed by atoms with van der Waals surface area (Å²) in [5.41, 5.74) is 31.8. The van der Waals surface area contributed by atoms with Gasteiger partial charge in [-0.05, 0) is 162 Å². The normalized spacial score (nSPS) is 11.5. The third kappa shape index (κ3) is 14.9. The molecule has 0 aliphatic heterocycles. The van der Waals surface area contributed by atoms with Crippen LogP contribution in [0.15, 0.2) is 492 Å². The highest BCUT2D eigenvalue weighted by atomic mass is 16.3. The highest BCUT2D eigenvalue weighted by Crippen LogP contribution is 2.46. The molecule has 662 valence electrons. The van der Waals surface area contributed by atoms with E-state index >= 15 is 0 Å². The highest BCUT2D eigenvalue weighted by molar-refractivity contribution is 6.17. The molecule has 12 nitrogen and oxygen atoms in total. The first-order valence-corrected chi connectivity index (χ1v) is 46.3. The predicted octanol–water partition coefficient (Wildman–Crippen LogP) is 34.4. The average Bonchev–Trinajstić information content (AvgIpc) is 1.59.